The van der Waals surface area contributed by atoms with E-state index in [0.29, 0.717) is 6.42 Å². The number of aliphatic carboxylic acids is 1. The number of carbonyl (C=O) groups is 1. The molecule has 0 unspecified atom stereocenters. The Labute approximate surface area is 258 Å². The quantitative estimate of drug-likeness (QED) is 0.0533. The first-order valence-electron chi connectivity index (χ1n) is 18.5. The fraction of sp³-hybridized carbons (Fsp3) is 0.919. The smallest absolute Gasteiger partial charge is 0.303 e. The zero-order chi connectivity index (χ0) is 30.3. The van der Waals surface area contributed by atoms with E-state index in [-0.39, 0.29) is 0 Å². The van der Waals surface area contributed by atoms with Crippen LogP contribution in [0.25, 0.3) is 0 Å². The van der Waals surface area contributed by atoms with Gasteiger partial charge in [0.25, 0.3) is 0 Å². The summed E-state index contributed by atoms with van der Waals surface area (Å²) in [5.41, 5.74) is 5.45. The maximum absolute atomic E-state index is 10.3. The third-order valence-electron chi connectivity index (χ3n) is 7.92. The predicted octanol–water partition coefficient (Wildman–Crippen LogP) is 11.5. The van der Waals surface area contributed by atoms with Crippen LogP contribution < -0.4 is 11.1 Å². The first kappa shape index (κ1) is 42.3. The highest BCUT2D eigenvalue weighted by molar-refractivity contribution is 5.66. The van der Waals surface area contributed by atoms with Crippen molar-refractivity contribution < 1.29 is 9.90 Å². The fourth-order valence-corrected chi connectivity index (χ4v) is 5.14. The van der Waals surface area contributed by atoms with Crippen LogP contribution >= 0.6 is 0 Å². The van der Waals surface area contributed by atoms with E-state index >= 15 is 0 Å². The largest absolute Gasteiger partial charge is 0.481 e. The van der Waals surface area contributed by atoms with Crippen LogP contribution in [0.15, 0.2) is 12.2 Å². The fourth-order valence-electron chi connectivity index (χ4n) is 5.14. The molecule has 0 bridgehead atoms. The molecule has 0 aromatic heterocycles. The predicted molar refractivity (Wildman–Crippen MR) is 184 cm³/mol. The minimum absolute atomic E-state index is 0.332. The molecule has 0 radical (unpaired) electrons. The summed E-state index contributed by atoms with van der Waals surface area (Å²) < 4.78 is 0. The van der Waals surface area contributed by atoms with E-state index in [1.807, 2.05) is 0 Å². The van der Waals surface area contributed by atoms with Gasteiger partial charge in [0.2, 0.25) is 0 Å². The Bertz CT molecular complexity index is 477. The summed E-state index contributed by atoms with van der Waals surface area (Å²) in [6.45, 7) is 7.63. The van der Waals surface area contributed by atoms with Gasteiger partial charge in [-0.3, -0.25) is 4.79 Å². The molecule has 0 atom stereocenters. The van der Waals surface area contributed by atoms with Gasteiger partial charge in [0.05, 0.1) is 0 Å². The van der Waals surface area contributed by atoms with Gasteiger partial charge in [-0.2, -0.15) is 0 Å². The molecule has 0 spiro atoms. The van der Waals surface area contributed by atoms with Crippen molar-refractivity contribution >= 4 is 5.97 Å². The molecule has 0 aromatic carbocycles. The molecule has 0 saturated heterocycles. The highest BCUT2D eigenvalue weighted by Crippen LogP contribution is 2.13. The lowest BCUT2D eigenvalue weighted by Gasteiger charge is -2.04. The normalized spacial score (nSPS) is 11.2. The van der Waals surface area contributed by atoms with Crippen molar-refractivity contribution in [2.45, 2.75) is 200 Å². The van der Waals surface area contributed by atoms with Crippen LogP contribution in [0.4, 0.5) is 0 Å². The molecular formula is C37H76N2O2. The first-order chi connectivity index (χ1) is 20.2. The number of hydrogen-bond acceptors (Lipinski definition) is 3. The highest BCUT2D eigenvalue weighted by atomic mass is 16.4. The van der Waals surface area contributed by atoms with Crippen molar-refractivity contribution in [1.82, 2.24) is 5.32 Å². The minimum Gasteiger partial charge on any atom is -0.481 e. The molecule has 0 aliphatic carbocycles. The van der Waals surface area contributed by atoms with Gasteiger partial charge >= 0.3 is 5.97 Å². The third kappa shape index (κ3) is 46.3. The lowest BCUT2D eigenvalue weighted by molar-refractivity contribution is -0.137. The maximum atomic E-state index is 10.3. The summed E-state index contributed by atoms with van der Waals surface area (Å²) in [6.07, 6.45) is 42.5. The summed E-state index contributed by atoms with van der Waals surface area (Å²) >= 11 is 0. The van der Waals surface area contributed by atoms with Crippen molar-refractivity contribution in [1.29, 1.82) is 0 Å². The molecule has 0 aliphatic rings. The number of unbranched alkanes of at least 4 members (excludes halogenated alkanes) is 24. The average molecular weight is 581 g/mol. The molecule has 0 saturated carbocycles. The molecule has 4 N–H and O–H groups in total. The summed E-state index contributed by atoms with van der Waals surface area (Å²) in [5.74, 6) is -0.664. The van der Waals surface area contributed by atoms with Crippen molar-refractivity contribution in [3.8, 4) is 0 Å². The lowest BCUT2D eigenvalue weighted by atomic mass is 10.0. The van der Waals surface area contributed by atoms with E-state index in [9.17, 15) is 4.79 Å². The molecule has 0 aliphatic heterocycles. The Morgan fingerprint density at radius 3 is 1.24 bits per heavy atom. The maximum Gasteiger partial charge on any atom is 0.303 e. The first-order valence-corrected chi connectivity index (χ1v) is 18.5. The van der Waals surface area contributed by atoms with Crippen molar-refractivity contribution in [3.63, 3.8) is 0 Å². The molecule has 246 valence electrons. The number of hydrogen-bond donors (Lipinski definition) is 3. The number of carboxylic acid groups (broad SMARTS) is 1. The SMILES string of the molecule is CCCCCCCC/C=C\CCCCCCCC(=O)O.CCCCCCCCCCCCCCCCNCCCN. The number of rotatable bonds is 33. The van der Waals surface area contributed by atoms with E-state index in [1.54, 1.807) is 0 Å². The number of allylic oxidation sites excluding steroid dienone is 2. The van der Waals surface area contributed by atoms with Crippen LogP contribution in [-0.4, -0.2) is 30.7 Å². The second-order valence-corrected chi connectivity index (χ2v) is 12.2. The van der Waals surface area contributed by atoms with Gasteiger partial charge in [-0.25, -0.2) is 0 Å². The Morgan fingerprint density at radius 2 is 0.854 bits per heavy atom. The molecular weight excluding hydrogens is 504 g/mol. The number of nitrogens with two attached hydrogens (primary N) is 1. The van der Waals surface area contributed by atoms with Crippen LogP contribution in [0.3, 0.4) is 0 Å². The standard InChI is InChI=1S/C19H42N2.C18H34O2/c1-2-3-4-5-6-7-8-9-10-11-12-13-14-15-18-21-19-16-17-20;1-2-3-4-5-6-7-8-9-10-11-12-13-14-15-16-17-18(19)20/h21H,2-20H2,1H3;9-10H,2-8,11-17H2,1H3,(H,19,20)/b;10-9-. The van der Waals surface area contributed by atoms with Gasteiger partial charge in [-0.1, -0.05) is 161 Å². The molecule has 0 heterocycles. The molecule has 4 heteroatoms. The van der Waals surface area contributed by atoms with Gasteiger partial charge in [0.1, 0.15) is 0 Å². The van der Waals surface area contributed by atoms with Gasteiger partial charge in [0.15, 0.2) is 0 Å². The van der Waals surface area contributed by atoms with Crippen LogP contribution in [0.5, 0.6) is 0 Å². The Hall–Kier alpha value is -0.870. The highest BCUT2D eigenvalue weighted by Gasteiger charge is 1.96. The zero-order valence-electron chi connectivity index (χ0n) is 28.2. The Morgan fingerprint density at radius 1 is 0.512 bits per heavy atom. The minimum atomic E-state index is -0.664. The lowest BCUT2D eigenvalue weighted by Crippen LogP contribution is -2.19. The van der Waals surface area contributed by atoms with E-state index in [0.717, 1.165) is 32.4 Å². The molecule has 0 aromatic rings. The van der Waals surface area contributed by atoms with Crippen molar-refractivity contribution in [3.05, 3.63) is 12.2 Å². The van der Waals surface area contributed by atoms with Crippen molar-refractivity contribution in [2.75, 3.05) is 19.6 Å². The zero-order valence-corrected chi connectivity index (χ0v) is 28.2. The van der Waals surface area contributed by atoms with Gasteiger partial charge in [-0.15, -0.1) is 0 Å². The number of nitrogens with one attached hydrogen (secondary N) is 1. The van der Waals surface area contributed by atoms with E-state index < -0.39 is 5.97 Å². The summed E-state index contributed by atoms with van der Waals surface area (Å²) in [7, 11) is 0. The molecule has 0 rings (SSSR count). The molecule has 41 heavy (non-hydrogen) atoms. The van der Waals surface area contributed by atoms with E-state index in [4.69, 9.17) is 10.8 Å². The van der Waals surface area contributed by atoms with Crippen molar-refractivity contribution in [2.24, 2.45) is 5.73 Å². The monoisotopic (exact) mass is 581 g/mol. The molecule has 0 fully saturated rings. The Kier molecular flexibility index (Phi) is 42.5. The summed E-state index contributed by atoms with van der Waals surface area (Å²) in [4.78, 5) is 10.3. The average Bonchev–Trinajstić information content (AvgIpc) is 2.97. The van der Waals surface area contributed by atoms with Gasteiger partial charge in [0, 0.05) is 6.42 Å². The summed E-state index contributed by atoms with van der Waals surface area (Å²) in [5, 5.41) is 12.0. The second kappa shape index (κ2) is 41.3. The van der Waals surface area contributed by atoms with Crippen LogP contribution in [0.1, 0.15) is 200 Å². The molecule has 4 nitrogen and oxygen atoms in total. The van der Waals surface area contributed by atoms with Gasteiger partial charge < -0.3 is 16.2 Å². The van der Waals surface area contributed by atoms with E-state index in [2.05, 4.69) is 31.3 Å². The van der Waals surface area contributed by atoms with Crippen LogP contribution in [-0.2, 0) is 4.79 Å². The number of carboxylic acids is 1. The van der Waals surface area contributed by atoms with E-state index in [1.165, 1.54) is 167 Å². The Balaban J connectivity index is 0. The van der Waals surface area contributed by atoms with Gasteiger partial charge in [-0.05, 0) is 64.6 Å². The topological polar surface area (TPSA) is 75.3 Å². The van der Waals surface area contributed by atoms with Crippen LogP contribution in [0, 0.1) is 0 Å². The summed E-state index contributed by atoms with van der Waals surface area (Å²) in [6, 6.07) is 0. The second-order valence-electron chi connectivity index (χ2n) is 12.2. The molecule has 0 amide bonds. The third-order valence-corrected chi connectivity index (χ3v) is 7.92. The van der Waals surface area contributed by atoms with Crippen LogP contribution in [0.2, 0.25) is 0 Å².